The number of rotatable bonds is 5. The minimum atomic E-state index is 0.0969. The summed E-state index contributed by atoms with van der Waals surface area (Å²) in [7, 11) is 0. The van der Waals surface area contributed by atoms with Crippen LogP contribution in [0.3, 0.4) is 0 Å². The zero-order valence-corrected chi connectivity index (χ0v) is 14.1. The third-order valence-corrected chi connectivity index (χ3v) is 5.14. The van der Waals surface area contributed by atoms with Crippen molar-refractivity contribution in [2.24, 2.45) is 5.41 Å². The average Bonchev–Trinajstić information content (AvgIpc) is 3.04. The van der Waals surface area contributed by atoms with Crippen molar-refractivity contribution in [3.63, 3.8) is 0 Å². The molecule has 0 aliphatic carbocycles. The van der Waals surface area contributed by atoms with Crippen molar-refractivity contribution >= 4 is 11.6 Å². The van der Waals surface area contributed by atoms with E-state index in [4.69, 9.17) is 16.1 Å². The highest BCUT2D eigenvalue weighted by Gasteiger charge is 2.32. The molecule has 1 aromatic carbocycles. The molecule has 0 amide bonds. The number of hydrogen-bond acceptors (Lipinski definition) is 5. The van der Waals surface area contributed by atoms with Gasteiger partial charge in [0.2, 0.25) is 0 Å². The van der Waals surface area contributed by atoms with Gasteiger partial charge in [-0.3, -0.25) is 4.90 Å². The zero-order valence-electron chi connectivity index (χ0n) is 13.3. The molecule has 23 heavy (non-hydrogen) atoms. The molecule has 2 aromatic rings. The molecular weight excluding hydrogens is 314 g/mol. The summed E-state index contributed by atoms with van der Waals surface area (Å²) in [5, 5.41) is 14.3. The molecule has 5 nitrogen and oxygen atoms in total. The number of piperidine rings is 1. The molecule has 1 aromatic heterocycles. The van der Waals surface area contributed by atoms with E-state index in [1.54, 1.807) is 0 Å². The normalized spacial score (nSPS) is 18.2. The van der Waals surface area contributed by atoms with Crippen LogP contribution in [-0.2, 0) is 6.54 Å². The smallest absolute Gasteiger partial charge is 0.258 e. The summed E-state index contributed by atoms with van der Waals surface area (Å²) >= 11 is 5.99. The summed E-state index contributed by atoms with van der Waals surface area (Å²) in [6.45, 7) is 5.01. The van der Waals surface area contributed by atoms with Gasteiger partial charge >= 0.3 is 0 Å². The van der Waals surface area contributed by atoms with Gasteiger partial charge in [0, 0.05) is 17.2 Å². The van der Waals surface area contributed by atoms with Gasteiger partial charge < -0.3 is 9.63 Å². The van der Waals surface area contributed by atoms with Gasteiger partial charge in [0.15, 0.2) is 5.82 Å². The van der Waals surface area contributed by atoms with Crippen LogP contribution in [0.4, 0.5) is 0 Å². The highest BCUT2D eigenvalue weighted by atomic mass is 35.5. The fourth-order valence-corrected chi connectivity index (χ4v) is 3.26. The SMILES string of the molecule is CCC1(CO)CCN(Cc2noc(-c3cccc(Cl)c3)n2)CC1. The minimum absolute atomic E-state index is 0.0969. The number of benzene rings is 1. The number of aromatic nitrogens is 2. The maximum Gasteiger partial charge on any atom is 0.258 e. The fourth-order valence-electron chi connectivity index (χ4n) is 3.07. The molecule has 0 unspecified atom stereocenters. The van der Waals surface area contributed by atoms with Gasteiger partial charge in [-0.1, -0.05) is 29.7 Å². The molecule has 1 saturated heterocycles. The van der Waals surface area contributed by atoms with Crippen molar-refractivity contribution in [1.82, 2.24) is 15.0 Å². The summed E-state index contributed by atoms with van der Waals surface area (Å²) in [6, 6.07) is 7.40. The molecule has 0 atom stereocenters. The first kappa shape index (κ1) is 16.4. The second kappa shape index (κ2) is 6.99. The monoisotopic (exact) mass is 335 g/mol. The lowest BCUT2D eigenvalue weighted by atomic mass is 9.77. The molecule has 124 valence electrons. The van der Waals surface area contributed by atoms with E-state index in [0.29, 0.717) is 23.3 Å². The van der Waals surface area contributed by atoms with Crippen LogP contribution in [0, 0.1) is 5.41 Å². The summed E-state index contributed by atoms with van der Waals surface area (Å²) in [5.41, 5.74) is 0.930. The van der Waals surface area contributed by atoms with Gasteiger partial charge in [-0.05, 0) is 56.0 Å². The van der Waals surface area contributed by atoms with Crippen molar-refractivity contribution < 1.29 is 9.63 Å². The summed E-state index contributed by atoms with van der Waals surface area (Å²) < 4.78 is 5.34. The quantitative estimate of drug-likeness (QED) is 0.907. The lowest BCUT2D eigenvalue weighted by Crippen LogP contribution is -2.41. The fraction of sp³-hybridized carbons (Fsp3) is 0.529. The highest BCUT2D eigenvalue weighted by molar-refractivity contribution is 6.30. The number of nitrogens with zero attached hydrogens (tertiary/aromatic N) is 3. The van der Waals surface area contributed by atoms with Crippen LogP contribution in [0.1, 0.15) is 32.0 Å². The minimum Gasteiger partial charge on any atom is -0.396 e. The van der Waals surface area contributed by atoms with E-state index < -0.39 is 0 Å². The number of aliphatic hydroxyl groups excluding tert-OH is 1. The second-order valence-corrected chi connectivity index (χ2v) is 6.75. The predicted octanol–water partition coefficient (Wildman–Crippen LogP) is 3.37. The van der Waals surface area contributed by atoms with Gasteiger partial charge in [-0.2, -0.15) is 4.98 Å². The Bertz CT molecular complexity index is 645. The van der Waals surface area contributed by atoms with Gasteiger partial charge in [-0.15, -0.1) is 0 Å². The molecule has 1 aliphatic heterocycles. The molecule has 6 heteroatoms. The van der Waals surface area contributed by atoms with E-state index in [1.807, 2.05) is 24.3 Å². The summed E-state index contributed by atoms with van der Waals surface area (Å²) in [5.74, 6) is 1.19. The van der Waals surface area contributed by atoms with Crippen LogP contribution >= 0.6 is 11.6 Å². The third-order valence-electron chi connectivity index (χ3n) is 4.91. The standard InChI is InChI=1S/C17H22ClN3O2/c1-2-17(12-22)6-8-21(9-7-17)11-15-19-16(23-20-15)13-4-3-5-14(18)10-13/h3-5,10,22H,2,6-9,11-12H2,1H3. The zero-order chi connectivity index (χ0) is 16.3. The predicted molar refractivity (Wildman–Crippen MR) is 89.1 cm³/mol. The number of aliphatic hydroxyl groups is 1. The first-order valence-electron chi connectivity index (χ1n) is 8.06. The van der Waals surface area contributed by atoms with Crippen molar-refractivity contribution in [3.05, 3.63) is 35.1 Å². The first-order chi connectivity index (χ1) is 11.1. The van der Waals surface area contributed by atoms with Crippen molar-refractivity contribution in [3.8, 4) is 11.5 Å². The van der Waals surface area contributed by atoms with Crippen LogP contribution in [0.5, 0.6) is 0 Å². The Balaban J connectivity index is 1.62. The summed E-state index contributed by atoms with van der Waals surface area (Å²) in [4.78, 5) is 6.78. The lowest BCUT2D eigenvalue weighted by Gasteiger charge is -2.39. The van der Waals surface area contributed by atoms with E-state index >= 15 is 0 Å². The Labute approximate surface area is 141 Å². The van der Waals surface area contributed by atoms with Crippen LogP contribution in [0.25, 0.3) is 11.5 Å². The van der Waals surface area contributed by atoms with Crippen molar-refractivity contribution in [2.75, 3.05) is 19.7 Å². The second-order valence-electron chi connectivity index (χ2n) is 6.31. The van der Waals surface area contributed by atoms with E-state index in [2.05, 4.69) is 22.0 Å². The Kier molecular flexibility index (Phi) is 4.99. The molecule has 3 rings (SSSR count). The Morgan fingerprint density at radius 1 is 1.35 bits per heavy atom. The highest BCUT2D eigenvalue weighted by Crippen LogP contribution is 2.34. The average molecular weight is 336 g/mol. The van der Waals surface area contributed by atoms with Crippen molar-refractivity contribution in [2.45, 2.75) is 32.7 Å². The lowest BCUT2D eigenvalue weighted by molar-refractivity contribution is 0.0371. The Morgan fingerprint density at radius 3 is 2.78 bits per heavy atom. The molecule has 1 fully saturated rings. The molecule has 0 bridgehead atoms. The van der Waals surface area contributed by atoms with Crippen LogP contribution in [0.2, 0.25) is 5.02 Å². The van der Waals surface area contributed by atoms with Gasteiger partial charge in [0.05, 0.1) is 6.54 Å². The third kappa shape index (κ3) is 3.74. The molecule has 2 heterocycles. The van der Waals surface area contributed by atoms with E-state index in [1.165, 1.54) is 0 Å². The summed E-state index contributed by atoms with van der Waals surface area (Å²) in [6.07, 6.45) is 3.05. The topological polar surface area (TPSA) is 62.4 Å². The first-order valence-corrected chi connectivity index (χ1v) is 8.44. The molecule has 0 saturated carbocycles. The van der Waals surface area contributed by atoms with E-state index in [-0.39, 0.29) is 12.0 Å². The molecule has 1 N–H and O–H groups in total. The molecular formula is C17H22ClN3O2. The van der Waals surface area contributed by atoms with E-state index in [9.17, 15) is 5.11 Å². The Hall–Kier alpha value is -1.43. The number of halogens is 1. The van der Waals surface area contributed by atoms with E-state index in [0.717, 1.165) is 37.9 Å². The number of hydrogen-bond donors (Lipinski definition) is 1. The maximum absolute atomic E-state index is 9.60. The van der Waals surface area contributed by atoms with Gasteiger partial charge in [0.25, 0.3) is 5.89 Å². The maximum atomic E-state index is 9.60. The Morgan fingerprint density at radius 2 is 2.13 bits per heavy atom. The molecule has 1 aliphatic rings. The molecule has 0 spiro atoms. The van der Waals surface area contributed by atoms with Gasteiger partial charge in [-0.25, -0.2) is 0 Å². The largest absolute Gasteiger partial charge is 0.396 e. The van der Waals surface area contributed by atoms with Crippen LogP contribution in [-0.4, -0.2) is 39.8 Å². The number of likely N-dealkylation sites (tertiary alicyclic amines) is 1. The van der Waals surface area contributed by atoms with Gasteiger partial charge in [0.1, 0.15) is 0 Å². The van der Waals surface area contributed by atoms with Crippen molar-refractivity contribution in [1.29, 1.82) is 0 Å². The molecule has 0 radical (unpaired) electrons. The van der Waals surface area contributed by atoms with Crippen LogP contribution in [0.15, 0.2) is 28.8 Å². The van der Waals surface area contributed by atoms with Crippen LogP contribution < -0.4 is 0 Å².